The lowest BCUT2D eigenvalue weighted by molar-refractivity contribution is -0.134. The van der Waals surface area contributed by atoms with E-state index in [1.807, 2.05) is 31.2 Å². The number of carbonyl (C=O) groups excluding carboxylic acids is 1. The van der Waals surface area contributed by atoms with Gasteiger partial charge in [0.15, 0.2) is 0 Å². The number of nitrogens with zero attached hydrogens (tertiary/aromatic N) is 1. The van der Waals surface area contributed by atoms with Gasteiger partial charge in [0.05, 0.1) is 16.8 Å². The van der Waals surface area contributed by atoms with E-state index >= 15 is 0 Å². The first-order valence-corrected chi connectivity index (χ1v) is 6.53. The number of hydrogen-bond donors (Lipinski definition) is 1. The van der Waals surface area contributed by atoms with Crippen LogP contribution in [0.4, 0.5) is 0 Å². The molecule has 0 radical (unpaired) electrons. The summed E-state index contributed by atoms with van der Waals surface area (Å²) in [6.45, 7) is 2.39. The molecular formula is C12H14N2O3S. The van der Waals surface area contributed by atoms with Crippen LogP contribution in [0.1, 0.15) is 13.3 Å². The van der Waals surface area contributed by atoms with Crippen LogP contribution in [0.3, 0.4) is 0 Å². The predicted molar refractivity (Wildman–Crippen MR) is 70.5 cm³/mol. The number of hydrogen-bond acceptors (Lipinski definition) is 4. The number of amides is 1. The van der Waals surface area contributed by atoms with E-state index in [2.05, 4.69) is 5.48 Å². The van der Waals surface area contributed by atoms with E-state index in [-0.39, 0.29) is 17.3 Å². The average Bonchev–Trinajstić information content (AvgIpc) is 2.67. The number of para-hydroxylation sites is 1. The number of thiazole rings is 1. The molecule has 1 amide bonds. The fraction of sp³-hybridized carbons (Fsp3) is 0.333. The summed E-state index contributed by atoms with van der Waals surface area (Å²) in [5, 5.41) is 0. The molecule has 0 saturated carbocycles. The van der Waals surface area contributed by atoms with E-state index in [9.17, 15) is 9.59 Å². The Labute approximate surface area is 108 Å². The molecule has 0 bridgehead atoms. The fourth-order valence-electron chi connectivity index (χ4n) is 1.57. The smallest absolute Gasteiger partial charge is 0.289 e. The molecule has 2 aromatic rings. The standard InChI is InChI=1S/C12H14N2O3S/c1-2-7-17-13-11(15)8-14-9-5-3-4-6-10(9)18-12(14)16/h3-6H,2,7-8H2,1H3,(H,13,15). The zero-order chi connectivity index (χ0) is 13.0. The Balaban J connectivity index is 2.14. The molecule has 0 aliphatic rings. The van der Waals surface area contributed by atoms with Crippen molar-refractivity contribution in [2.24, 2.45) is 0 Å². The van der Waals surface area contributed by atoms with Crippen molar-refractivity contribution >= 4 is 27.5 Å². The van der Waals surface area contributed by atoms with Crippen molar-refractivity contribution in [2.75, 3.05) is 6.61 Å². The molecule has 0 fully saturated rings. The van der Waals surface area contributed by atoms with Crippen LogP contribution in [0.25, 0.3) is 10.2 Å². The molecule has 0 saturated heterocycles. The van der Waals surface area contributed by atoms with Crippen molar-refractivity contribution in [1.82, 2.24) is 10.0 Å². The van der Waals surface area contributed by atoms with Crippen molar-refractivity contribution in [1.29, 1.82) is 0 Å². The lowest BCUT2D eigenvalue weighted by atomic mass is 10.3. The molecule has 0 atom stereocenters. The third-order valence-corrected chi connectivity index (χ3v) is 3.33. The number of nitrogens with one attached hydrogen (secondary N) is 1. The summed E-state index contributed by atoms with van der Waals surface area (Å²) in [5.74, 6) is -0.325. The van der Waals surface area contributed by atoms with E-state index in [0.29, 0.717) is 6.61 Å². The summed E-state index contributed by atoms with van der Waals surface area (Å²) in [4.78, 5) is 28.2. The summed E-state index contributed by atoms with van der Waals surface area (Å²) in [6.07, 6.45) is 0.821. The van der Waals surface area contributed by atoms with Gasteiger partial charge in [0, 0.05) is 0 Å². The monoisotopic (exact) mass is 266 g/mol. The van der Waals surface area contributed by atoms with Gasteiger partial charge in [0.25, 0.3) is 5.91 Å². The minimum atomic E-state index is -0.325. The van der Waals surface area contributed by atoms with Crippen molar-refractivity contribution in [3.05, 3.63) is 33.9 Å². The van der Waals surface area contributed by atoms with Crippen LogP contribution in [-0.2, 0) is 16.2 Å². The summed E-state index contributed by atoms with van der Waals surface area (Å²) in [7, 11) is 0. The number of hydroxylamine groups is 1. The van der Waals surface area contributed by atoms with Gasteiger partial charge in [0.2, 0.25) is 0 Å². The van der Waals surface area contributed by atoms with E-state index in [1.54, 1.807) is 0 Å². The van der Waals surface area contributed by atoms with Crippen LogP contribution in [-0.4, -0.2) is 17.1 Å². The van der Waals surface area contributed by atoms with Crippen LogP contribution >= 0.6 is 11.3 Å². The quantitative estimate of drug-likeness (QED) is 0.659. The third-order valence-electron chi connectivity index (χ3n) is 2.37. The molecule has 6 heteroatoms. The highest BCUT2D eigenvalue weighted by Crippen LogP contribution is 2.15. The Kier molecular flexibility index (Phi) is 4.11. The third kappa shape index (κ3) is 2.77. The van der Waals surface area contributed by atoms with E-state index in [0.717, 1.165) is 28.0 Å². The van der Waals surface area contributed by atoms with Gasteiger partial charge in [-0.3, -0.25) is 19.0 Å². The second-order valence-corrected chi connectivity index (χ2v) is 4.79. The Hall–Kier alpha value is -1.66. The molecule has 1 aromatic heterocycles. The highest BCUT2D eigenvalue weighted by atomic mass is 32.1. The lowest BCUT2D eigenvalue weighted by Crippen LogP contribution is -2.30. The number of carbonyl (C=O) groups is 1. The van der Waals surface area contributed by atoms with Gasteiger partial charge in [0.1, 0.15) is 6.54 Å². The molecule has 1 N–H and O–H groups in total. The molecule has 0 aliphatic heterocycles. The molecule has 1 aromatic carbocycles. The highest BCUT2D eigenvalue weighted by molar-refractivity contribution is 7.16. The largest absolute Gasteiger partial charge is 0.308 e. The molecular weight excluding hydrogens is 252 g/mol. The van der Waals surface area contributed by atoms with Crippen molar-refractivity contribution in [2.45, 2.75) is 19.9 Å². The molecule has 0 aliphatic carbocycles. The Morgan fingerprint density at radius 1 is 1.44 bits per heavy atom. The predicted octanol–water partition coefficient (Wildman–Crippen LogP) is 1.52. The first-order chi connectivity index (χ1) is 8.72. The van der Waals surface area contributed by atoms with Crippen LogP contribution in [0, 0.1) is 0 Å². The SMILES string of the molecule is CCCONC(=O)Cn1c(=O)sc2ccccc21. The average molecular weight is 266 g/mol. The summed E-state index contributed by atoms with van der Waals surface area (Å²) >= 11 is 1.14. The van der Waals surface area contributed by atoms with Gasteiger partial charge in [-0.25, -0.2) is 5.48 Å². The number of rotatable bonds is 5. The minimum absolute atomic E-state index is 0.0213. The molecule has 5 nitrogen and oxygen atoms in total. The maximum absolute atomic E-state index is 11.8. The fourth-order valence-corrected chi connectivity index (χ4v) is 2.46. The highest BCUT2D eigenvalue weighted by Gasteiger charge is 2.10. The van der Waals surface area contributed by atoms with Gasteiger partial charge in [-0.2, -0.15) is 0 Å². The molecule has 0 spiro atoms. The van der Waals surface area contributed by atoms with E-state index in [1.165, 1.54) is 4.57 Å². The molecule has 96 valence electrons. The summed E-state index contributed by atoms with van der Waals surface area (Å²) < 4.78 is 2.33. The van der Waals surface area contributed by atoms with Gasteiger partial charge in [-0.15, -0.1) is 0 Å². The Morgan fingerprint density at radius 3 is 3.00 bits per heavy atom. The van der Waals surface area contributed by atoms with Crippen LogP contribution in [0.15, 0.2) is 29.1 Å². The van der Waals surface area contributed by atoms with E-state index < -0.39 is 0 Å². The molecule has 2 rings (SSSR count). The first kappa shape index (κ1) is 12.8. The van der Waals surface area contributed by atoms with Gasteiger partial charge in [-0.05, 0) is 18.6 Å². The van der Waals surface area contributed by atoms with Gasteiger partial charge in [-0.1, -0.05) is 30.4 Å². The van der Waals surface area contributed by atoms with Crippen LogP contribution in [0.5, 0.6) is 0 Å². The number of fused-ring (bicyclic) bond motifs is 1. The van der Waals surface area contributed by atoms with Crippen molar-refractivity contribution < 1.29 is 9.63 Å². The zero-order valence-corrected chi connectivity index (χ0v) is 10.8. The number of benzene rings is 1. The molecule has 1 heterocycles. The second kappa shape index (κ2) is 5.79. The normalized spacial score (nSPS) is 10.7. The van der Waals surface area contributed by atoms with Gasteiger partial charge >= 0.3 is 4.87 Å². The summed E-state index contributed by atoms with van der Waals surface area (Å²) in [5.41, 5.74) is 3.10. The summed E-state index contributed by atoms with van der Waals surface area (Å²) in [6, 6.07) is 7.40. The topological polar surface area (TPSA) is 60.3 Å². The maximum atomic E-state index is 11.8. The zero-order valence-electron chi connectivity index (χ0n) is 10.0. The Bertz CT molecular complexity index is 603. The van der Waals surface area contributed by atoms with Crippen LogP contribution < -0.4 is 10.4 Å². The first-order valence-electron chi connectivity index (χ1n) is 5.71. The maximum Gasteiger partial charge on any atom is 0.308 e. The number of aromatic nitrogens is 1. The van der Waals surface area contributed by atoms with Crippen molar-refractivity contribution in [3.63, 3.8) is 0 Å². The molecule has 0 unspecified atom stereocenters. The van der Waals surface area contributed by atoms with E-state index in [4.69, 9.17) is 4.84 Å². The second-order valence-electron chi connectivity index (χ2n) is 3.80. The van der Waals surface area contributed by atoms with Crippen LogP contribution in [0.2, 0.25) is 0 Å². The van der Waals surface area contributed by atoms with Gasteiger partial charge < -0.3 is 0 Å². The lowest BCUT2D eigenvalue weighted by Gasteiger charge is -2.05. The van der Waals surface area contributed by atoms with Crippen molar-refractivity contribution in [3.8, 4) is 0 Å². The minimum Gasteiger partial charge on any atom is -0.289 e. The Morgan fingerprint density at radius 2 is 2.22 bits per heavy atom. The molecule has 18 heavy (non-hydrogen) atoms.